The molecule has 6 nitrogen and oxygen atoms in total. The molecule has 0 aliphatic carbocycles. The Morgan fingerprint density at radius 2 is 2.17 bits per heavy atom. The quantitative estimate of drug-likeness (QED) is 0.926. The van der Waals surface area contributed by atoms with Crippen LogP contribution in [0.1, 0.15) is 28.0 Å². The molecule has 1 fully saturated rings. The van der Waals surface area contributed by atoms with Gasteiger partial charge in [0, 0.05) is 12.7 Å². The van der Waals surface area contributed by atoms with E-state index in [-0.39, 0.29) is 19.1 Å². The molecule has 1 aromatic carbocycles. The molecule has 1 N–H and O–H groups in total. The van der Waals surface area contributed by atoms with Gasteiger partial charge in [-0.1, -0.05) is 18.2 Å². The molecule has 2 aromatic rings. The lowest BCUT2D eigenvalue weighted by Crippen LogP contribution is -2.41. The van der Waals surface area contributed by atoms with Gasteiger partial charge in [-0.05, 0) is 31.9 Å². The molecule has 0 radical (unpaired) electrons. The van der Waals surface area contributed by atoms with E-state index in [0.29, 0.717) is 24.2 Å². The Kier molecular flexibility index (Phi) is 4.49. The maximum Gasteiger partial charge on any atom is 0.257 e. The molecule has 0 bridgehead atoms. The zero-order valence-electron chi connectivity index (χ0n) is 13.9. The largest absolute Gasteiger partial charge is 0.490 e. The maximum atomic E-state index is 12.6. The van der Waals surface area contributed by atoms with Gasteiger partial charge >= 0.3 is 0 Å². The molecule has 0 saturated carbocycles. The summed E-state index contributed by atoms with van der Waals surface area (Å²) in [6.07, 6.45) is 3.42. The highest BCUT2D eigenvalue weighted by Gasteiger charge is 2.39. The molecule has 1 amide bonds. The number of aliphatic hydroxyl groups is 1. The third-order valence-electron chi connectivity index (χ3n) is 4.35. The zero-order chi connectivity index (χ0) is 17.2. The van der Waals surface area contributed by atoms with Crippen LogP contribution in [-0.4, -0.2) is 51.2 Å². The number of aromatic nitrogens is 2. The normalized spacial score (nSPS) is 20.2. The van der Waals surface area contributed by atoms with Crippen molar-refractivity contribution in [1.82, 2.24) is 14.9 Å². The molecule has 3 rings (SSSR count). The van der Waals surface area contributed by atoms with Crippen LogP contribution in [0.15, 0.2) is 36.8 Å². The van der Waals surface area contributed by atoms with E-state index in [2.05, 4.69) is 9.97 Å². The number of β-amino-alcohol motifs (C(OH)–C–C–N with tert-alkyl or cyclic N) is 1. The second-order valence-electron chi connectivity index (χ2n) is 6.28. The van der Waals surface area contributed by atoms with Crippen LogP contribution in [0.25, 0.3) is 0 Å². The molecule has 24 heavy (non-hydrogen) atoms. The number of aryl methyl sites for hydroxylation is 2. The molecular weight excluding hydrogens is 306 g/mol. The summed E-state index contributed by atoms with van der Waals surface area (Å²) in [5, 5.41) is 10.7. The van der Waals surface area contributed by atoms with E-state index in [1.807, 2.05) is 31.2 Å². The molecule has 6 heteroatoms. The van der Waals surface area contributed by atoms with Crippen molar-refractivity contribution >= 4 is 5.91 Å². The zero-order valence-corrected chi connectivity index (χ0v) is 13.9. The van der Waals surface area contributed by atoms with Crippen molar-refractivity contribution in [2.24, 2.45) is 0 Å². The molecule has 1 aromatic heterocycles. The summed E-state index contributed by atoms with van der Waals surface area (Å²) in [7, 11) is 0. The minimum atomic E-state index is -1.04. The van der Waals surface area contributed by atoms with Crippen LogP contribution in [-0.2, 0) is 0 Å². The summed E-state index contributed by atoms with van der Waals surface area (Å²) < 4.78 is 5.77. The van der Waals surface area contributed by atoms with Crippen molar-refractivity contribution in [1.29, 1.82) is 0 Å². The predicted octanol–water partition coefficient (Wildman–Crippen LogP) is 1.75. The number of hydrogen-bond donors (Lipinski definition) is 1. The number of rotatable bonds is 4. The van der Waals surface area contributed by atoms with E-state index < -0.39 is 5.60 Å². The monoisotopic (exact) mass is 327 g/mol. The second kappa shape index (κ2) is 6.57. The summed E-state index contributed by atoms with van der Waals surface area (Å²) in [5.74, 6) is 0.600. The molecule has 1 unspecified atom stereocenters. The lowest BCUT2D eigenvalue weighted by Gasteiger charge is -2.24. The van der Waals surface area contributed by atoms with Gasteiger partial charge in [-0.2, -0.15) is 0 Å². The number of carbonyl (C=O) groups is 1. The Balaban J connectivity index is 1.65. The minimum Gasteiger partial charge on any atom is -0.490 e. The molecular formula is C18H21N3O3. The summed E-state index contributed by atoms with van der Waals surface area (Å²) in [4.78, 5) is 22.2. The van der Waals surface area contributed by atoms with E-state index in [1.54, 1.807) is 11.8 Å². The Morgan fingerprint density at radius 3 is 2.92 bits per heavy atom. The van der Waals surface area contributed by atoms with Gasteiger partial charge in [-0.3, -0.25) is 4.79 Å². The van der Waals surface area contributed by atoms with Gasteiger partial charge in [0.25, 0.3) is 5.91 Å². The molecule has 2 heterocycles. The van der Waals surface area contributed by atoms with Crippen LogP contribution in [0.2, 0.25) is 0 Å². The van der Waals surface area contributed by atoms with Crippen molar-refractivity contribution in [2.75, 3.05) is 19.7 Å². The SMILES string of the molecule is Cc1ccccc1OCC1(O)CCN(C(=O)c2cncnc2C)C1. The number of carbonyl (C=O) groups excluding carboxylic acids is 1. The van der Waals surface area contributed by atoms with Gasteiger partial charge < -0.3 is 14.7 Å². The molecule has 1 saturated heterocycles. The lowest BCUT2D eigenvalue weighted by molar-refractivity contribution is 0.00411. The van der Waals surface area contributed by atoms with Gasteiger partial charge in [-0.15, -0.1) is 0 Å². The van der Waals surface area contributed by atoms with Crippen molar-refractivity contribution in [2.45, 2.75) is 25.9 Å². The van der Waals surface area contributed by atoms with Crippen LogP contribution in [0.3, 0.4) is 0 Å². The lowest BCUT2D eigenvalue weighted by atomic mass is 10.1. The van der Waals surface area contributed by atoms with Crippen LogP contribution >= 0.6 is 0 Å². The maximum absolute atomic E-state index is 12.6. The van der Waals surface area contributed by atoms with Crippen LogP contribution < -0.4 is 4.74 Å². The van der Waals surface area contributed by atoms with E-state index in [9.17, 15) is 9.90 Å². The fourth-order valence-corrected chi connectivity index (χ4v) is 2.85. The van der Waals surface area contributed by atoms with Gasteiger partial charge in [-0.25, -0.2) is 9.97 Å². The highest BCUT2D eigenvalue weighted by atomic mass is 16.5. The number of nitrogens with zero attached hydrogens (tertiary/aromatic N) is 3. The first-order valence-corrected chi connectivity index (χ1v) is 7.95. The Labute approximate surface area is 141 Å². The second-order valence-corrected chi connectivity index (χ2v) is 6.28. The average Bonchev–Trinajstić information content (AvgIpc) is 2.97. The average molecular weight is 327 g/mol. The van der Waals surface area contributed by atoms with Crippen molar-refractivity contribution in [3.8, 4) is 5.75 Å². The summed E-state index contributed by atoms with van der Waals surface area (Å²) in [5.41, 5.74) is 1.09. The predicted molar refractivity (Wildman–Crippen MR) is 88.9 cm³/mol. The highest BCUT2D eigenvalue weighted by molar-refractivity contribution is 5.95. The van der Waals surface area contributed by atoms with Gasteiger partial charge in [0.2, 0.25) is 0 Å². The third kappa shape index (κ3) is 3.38. The van der Waals surface area contributed by atoms with Crippen LogP contribution in [0.5, 0.6) is 5.75 Å². The number of likely N-dealkylation sites (tertiary alicyclic amines) is 1. The highest BCUT2D eigenvalue weighted by Crippen LogP contribution is 2.25. The van der Waals surface area contributed by atoms with E-state index in [0.717, 1.165) is 11.3 Å². The number of benzene rings is 1. The summed E-state index contributed by atoms with van der Waals surface area (Å²) in [6, 6.07) is 7.68. The van der Waals surface area contributed by atoms with E-state index in [4.69, 9.17) is 4.74 Å². The first-order chi connectivity index (χ1) is 11.5. The van der Waals surface area contributed by atoms with Crippen LogP contribution in [0, 0.1) is 13.8 Å². The number of amides is 1. The van der Waals surface area contributed by atoms with Crippen molar-refractivity contribution in [3.05, 3.63) is 53.6 Å². The van der Waals surface area contributed by atoms with Gasteiger partial charge in [0.15, 0.2) is 0 Å². The fourth-order valence-electron chi connectivity index (χ4n) is 2.85. The number of ether oxygens (including phenoxy) is 1. The minimum absolute atomic E-state index is 0.153. The smallest absolute Gasteiger partial charge is 0.257 e. The molecule has 1 aliphatic heterocycles. The first kappa shape index (κ1) is 16.4. The van der Waals surface area contributed by atoms with Crippen molar-refractivity contribution in [3.63, 3.8) is 0 Å². The van der Waals surface area contributed by atoms with Crippen LogP contribution in [0.4, 0.5) is 0 Å². The molecule has 1 aliphatic rings. The topological polar surface area (TPSA) is 75.6 Å². The van der Waals surface area contributed by atoms with Gasteiger partial charge in [0.05, 0.1) is 17.8 Å². The Bertz CT molecular complexity index is 750. The molecule has 1 atom stereocenters. The van der Waals surface area contributed by atoms with Crippen molar-refractivity contribution < 1.29 is 14.6 Å². The fraction of sp³-hybridized carbons (Fsp3) is 0.389. The molecule has 126 valence electrons. The van der Waals surface area contributed by atoms with E-state index >= 15 is 0 Å². The standard InChI is InChI=1S/C18H21N3O3/c1-13-5-3-4-6-16(13)24-11-18(23)7-8-21(10-18)17(22)15-9-19-12-20-14(15)2/h3-6,9,12,23H,7-8,10-11H2,1-2H3. The number of hydrogen-bond acceptors (Lipinski definition) is 5. The summed E-state index contributed by atoms with van der Waals surface area (Å²) >= 11 is 0. The van der Waals surface area contributed by atoms with Gasteiger partial charge in [0.1, 0.15) is 24.3 Å². The first-order valence-electron chi connectivity index (χ1n) is 7.95. The number of para-hydroxylation sites is 1. The van der Waals surface area contributed by atoms with E-state index in [1.165, 1.54) is 12.5 Å². The summed E-state index contributed by atoms with van der Waals surface area (Å²) in [6.45, 7) is 4.62. The molecule has 0 spiro atoms. The third-order valence-corrected chi connectivity index (χ3v) is 4.35. The Morgan fingerprint density at radius 1 is 1.38 bits per heavy atom. The Hall–Kier alpha value is -2.47.